The van der Waals surface area contributed by atoms with Crippen molar-refractivity contribution in [2.24, 2.45) is 0 Å². The molecule has 1 amide bonds. The van der Waals surface area contributed by atoms with Crippen molar-refractivity contribution >= 4 is 35.0 Å². The molecule has 1 aliphatic rings. The zero-order valence-electron chi connectivity index (χ0n) is 22.9. The lowest BCUT2D eigenvalue weighted by molar-refractivity contribution is -0.130. The molecule has 0 radical (unpaired) electrons. The van der Waals surface area contributed by atoms with Crippen molar-refractivity contribution in [2.45, 2.75) is 32.0 Å². The molecular formula is C34H35ClN4O. The average molecular weight is 551 g/mol. The van der Waals surface area contributed by atoms with Crippen LogP contribution in [0.3, 0.4) is 0 Å². The van der Waals surface area contributed by atoms with Crippen molar-refractivity contribution < 1.29 is 4.79 Å². The fraction of sp³-hybridized carbons (Fsp3) is 0.235. The number of amides is 1. The van der Waals surface area contributed by atoms with E-state index in [1.165, 1.54) is 5.56 Å². The lowest BCUT2D eigenvalue weighted by Crippen LogP contribution is -2.46. The minimum absolute atomic E-state index is 0.0133. The highest BCUT2D eigenvalue weighted by Crippen LogP contribution is 2.26. The van der Waals surface area contributed by atoms with Crippen LogP contribution in [-0.4, -0.2) is 46.9 Å². The van der Waals surface area contributed by atoms with E-state index in [9.17, 15) is 4.79 Å². The molecular weight excluding hydrogens is 516 g/mol. The van der Waals surface area contributed by atoms with E-state index in [0.717, 1.165) is 55.0 Å². The molecule has 2 heterocycles. The predicted octanol–water partition coefficient (Wildman–Crippen LogP) is 7.21. The van der Waals surface area contributed by atoms with Crippen LogP contribution in [0.25, 0.3) is 6.08 Å². The van der Waals surface area contributed by atoms with Gasteiger partial charge in [-0.15, -0.1) is 0 Å². The highest BCUT2D eigenvalue weighted by atomic mass is 35.5. The molecule has 0 N–H and O–H groups in total. The first kappa shape index (κ1) is 27.6. The lowest BCUT2D eigenvalue weighted by Gasteiger charge is -2.38. The maximum absolute atomic E-state index is 13.6. The number of piperidine rings is 1. The van der Waals surface area contributed by atoms with E-state index < -0.39 is 0 Å². The first-order chi connectivity index (χ1) is 19.6. The van der Waals surface area contributed by atoms with Gasteiger partial charge < -0.3 is 9.80 Å². The van der Waals surface area contributed by atoms with Gasteiger partial charge in [0.15, 0.2) is 0 Å². The Bertz CT molecular complexity index is 1400. The van der Waals surface area contributed by atoms with E-state index in [-0.39, 0.29) is 11.9 Å². The Morgan fingerprint density at radius 3 is 2.23 bits per heavy atom. The summed E-state index contributed by atoms with van der Waals surface area (Å²) in [4.78, 5) is 24.4. The number of aromatic nitrogens is 1. The quantitative estimate of drug-likeness (QED) is 0.206. The van der Waals surface area contributed by atoms with Crippen LogP contribution in [0.5, 0.6) is 0 Å². The van der Waals surface area contributed by atoms with Gasteiger partial charge in [-0.05, 0) is 65.9 Å². The number of anilines is 2. The maximum atomic E-state index is 13.6. The number of nitrogens with zero attached hydrogens (tertiary/aromatic N) is 4. The number of likely N-dealkylation sites (tertiary alicyclic amines) is 1. The Kier molecular flexibility index (Phi) is 9.27. The average Bonchev–Trinajstić information content (AvgIpc) is 3.01. The normalized spacial score (nSPS) is 14.3. The summed E-state index contributed by atoms with van der Waals surface area (Å²) in [6, 6.07) is 30.8. The molecule has 0 atom stereocenters. The number of benzene rings is 3. The van der Waals surface area contributed by atoms with Crippen LogP contribution in [0, 0.1) is 0 Å². The van der Waals surface area contributed by atoms with E-state index in [4.69, 9.17) is 11.6 Å². The highest BCUT2D eigenvalue weighted by Gasteiger charge is 2.27. The summed E-state index contributed by atoms with van der Waals surface area (Å²) >= 11 is 6.34. The Hall–Kier alpha value is -3.93. The zero-order valence-corrected chi connectivity index (χ0v) is 23.6. The zero-order chi connectivity index (χ0) is 27.7. The summed E-state index contributed by atoms with van der Waals surface area (Å²) in [6.45, 7) is 3.44. The standard InChI is InChI=1S/C34H35ClN4O/c1-37(31-17-21-36-22-18-31)30-14-11-28(12-15-30)26-39(34(40)16-13-29-9-5-6-10-33(29)35)32-19-23-38(24-20-32)25-27-7-3-2-4-8-27/h2-18,21-22,32H,19-20,23-26H2,1H3. The Morgan fingerprint density at radius 2 is 1.52 bits per heavy atom. The third kappa shape index (κ3) is 7.17. The van der Waals surface area contributed by atoms with Crippen LogP contribution in [-0.2, 0) is 17.9 Å². The number of hydrogen-bond acceptors (Lipinski definition) is 4. The molecule has 5 rings (SSSR count). The molecule has 1 fully saturated rings. The topological polar surface area (TPSA) is 39.7 Å². The number of hydrogen-bond donors (Lipinski definition) is 0. The van der Waals surface area contributed by atoms with Crippen LogP contribution in [0.1, 0.15) is 29.5 Å². The number of carbonyl (C=O) groups excluding carboxylic acids is 1. The third-order valence-corrected chi connectivity index (χ3v) is 7.91. The summed E-state index contributed by atoms with van der Waals surface area (Å²) in [5.41, 5.74) is 5.44. The van der Waals surface area contributed by atoms with Gasteiger partial charge >= 0.3 is 0 Å². The summed E-state index contributed by atoms with van der Waals surface area (Å²) in [5.74, 6) is 0.0133. The van der Waals surface area contributed by atoms with Gasteiger partial charge in [-0.2, -0.15) is 0 Å². The Balaban J connectivity index is 1.30. The van der Waals surface area contributed by atoms with Gasteiger partial charge in [0.2, 0.25) is 5.91 Å². The van der Waals surface area contributed by atoms with Crippen LogP contribution < -0.4 is 4.90 Å². The molecule has 0 unspecified atom stereocenters. The molecule has 3 aromatic carbocycles. The van der Waals surface area contributed by atoms with E-state index in [1.807, 2.05) is 54.4 Å². The number of rotatable bonds is 9. The van der Waals surface area contributed by atoms with Gasteiger partial charge in [0.1, 0.15) is 0 Å². The molecule has 0 spiro atoms. The third-order valence-electron chi connectivity index (χ3n) is 7.57. The van der Waals surface area contributed by atoms with Crippen LogP contribution >= 0.6 is 11.6 Å². The highest BCUT2D eigenvalue weighted by molar-refractivity contribution is 6.32. The largest absolute Gasteiger partial charge is 0.345 e. The van der Waals surface area contributed by atoms with Crippen LogP contribution in [0.15, 0.2) is 109 Å². The fourth-order valence-corrected chi connectivity index (χ4v) is 5.42. The summed E-state index contributed by atoms with van der Waals surface area (Å²) in [5, 5.41) is 0.640. The smallest absolute Gasteiger partial charge is 0.247 e. The first-order valence-electron chi connectivity index (χ1n) is 13.8. The number of pyridine rings is 1. The molecule has 1 aliphatic heterocycles. The molecule has 0 bridgehead atoms. The molecule has 6 heteroatoms. The van der Waals surface area contributed by atoms with Crippen molar-refractivity contribution in [1.29, 1.82) is 0 Å². The van der Waals surface area contributed by atoms with Gasteiger partial charge in [-0.1, -0.05) is 72.3 Å². The van der Waals surface area contributed by atoms with Crippen molar-refractivity contribution in [3.8, 4) is 0 Å². The van der Waals surface area contributed by atoms with Gasteiger partial charge in [-0.3, -0.25) is 14.7 Å². The molecule has 5 nitrogen and oxygen atoms in total. The molecule has 204 valence electrons. The van der Waals surface area contributed by atoms with Crippen molar-refractivity contribution in [3.05, 3.63) is 131 Å². The number of carbonyl (C=O) groups is 1. The Labute approximate surface area is 242 Å². The second kappa shape index (κ2) is 13.4. The number of halogens is 1. The van der Waals surface area contributed by atoms with Crippen LogP contribution in [0.2, 0.25) is 5.02 Å². The molecule has 4 aromatic rings. The summed E-state index contributed by atoms with van der Waals surface area (Å²) < 4.78 is 0. The molecule has 0 aliphatic carbocycles. The van der Waals surface area contributed by atoms with Crippen molar-refractivity contribution in [3.63, 3.8) is 0 Å². The fourth-order valence-electron chi connectivity index (χ4n) is 5.22. The van der Waals surface area contributed by atoms with Crippen molar-refractivity contribution in [2.75, 3.05) is 25.0 Å². The first-order valence-corrected chi connectivity index (χ1v) is 14.2. The minimum atomic E-state index is 0.0133. The van der Waals surface area contributed by atoms with Gasteiger partial charge in [0.25, 0.3) is 0 Å². The van der Waals surface area contributed by atoms with Crippen molar-refractivity contribution in [1.82, 2.24) is 14.8 Å². The molecule has 1 aromatic heterocycles. The predicted molar refractivity (Wildman–Crippen MR) is 165 cm³/mol. The monoisotopic (exact) mass is 550 g/mol. The minimum Gasteiger partial charge on any atom is -0.345 e. The second-order valence-corrected chi connectivity index (χ2v) is 10.7. The Morgan fingerprint density at radius 1 is 0.875 bits per heavy atom. The van der Waals surface area contributed by atoms with Crippen LogP contribution in [0.4, 0.5) is 11.4 Å². The van der Waals surface area contributed by atoms with E-state index >= 15 is 0 Å². The van der Waals surface area contributed by atoms with Gasteiger partial charge in [0, 0.05) is 74.1 Å². The van der Waals surface area contributed by atoms with E-state index in [0.29, 0.717) is 11.6 Å². The molecule has 1 saturated heterocycles. The maximum Gasteiger partial charge on any atom is 0.247 e. The summed E-state index contributed by atoms with van der Waals surface area (Å²) in [6.07, 6.45) is 8.98. The summed E-state index contributed by atoms with van der Waals surface area (Å²) in [7, 11) is 2.04. The molecule has 0 saturated carbocycles. The van der Waals surface area contributed by atoms with Gasteiger partial charge in [-0.25, -0.2) is 0 Å². The van der Waals surface area contributed by atoms with E-state index in [2.05, 4.69) is 69.4 Å². The SMILES string of the molecule is CN(c1ccncc1)c1ccc(CN(C(=O)C=Cc2ccccc2Cl)C2CCN(Cc3ccccc3)CC2)cc1. The lowest BCUT2D eigenvalue weighted by atomic mass is 10.0. The molecule has 40 heavy (non-hydrogen) atoms. The van der Waals surface area contributed by atoms with Gasteiger partial charge in [0.05, 0.1) is 0 Å². The second-order valence-electron chi connectivity index (χ2n) is 10.2. The van der Waals surface area contributed by atoms with E-state index in [1.54, 1.807) is 18.5 Å².